The fourth-order valence-electron chi connectivity index (χ4n) is 4.05. The van der Waals surface area contributed by atoms with Gasteiger partial charge in [0.25, 0.3) is 0 Å². The van der Waals surface area contributed by atoms with E-state index in [4.69, 9.17) is 5.73 Å². The van der Waals surface area contributed by atoms with Crippen molar-refractivity contribution in [2.75, 3.05) is 13.1 Å². The first-order chi connectivity index (χ1) is 9.65. The van der Waals surface area contributed by atoms with Crippen molar-refractivity contribution >= 4 is 0 Å². The molecule has 2 aliphatic rings. The largest absolute Gasteiger partial charge is 0.322 e. The first-order valence-electron chi connectivity index (χ1n) is 7.60. The van der Waals surface area contributed by atoms with E-state index in [1.807, 2.05) is 0 Å². The van der Waals surface area contributed by atoms with E-state index >= 15 is 0 Å². The average Bonchev–Trinajstić information content (AvgIpc) is 3.10. The highest BCUT2D eigenvalue weighted by Gasteiger charge is 2.47. The van der Waals surface area contributed by atoms with Gasteiger partial charge in [-0.25, -0.2) is 8.78 Å². The van der Waals surface area contributed by atoms with Crippen molar-refractivity contribution in [2.45, 2.75) is 50.1 Å². The highest BCUT2D eigenvalue weighted by atomic mass is 19.1. The normalized spacial score (nSPS) is 24.1. The van der Waals surface area contributed by atoms with Gasteiger partial charge in [0.1, 0.15) is 11.6 Å². The monoisotopic (exact) mass is 280 g/mol. The van der Waals surface area contributed by atoms with Gasteiger partial charge in [0, 0.05) is 11.1 Å². The molecular formula is C16H22F2N2. The molecule has 1 unspecified atom stereocenters. The van der Waals surface area contributed by atoms with Crippen molar-refractivity contribution in [3.63, 3.8) is 0 Å². The lowest BCUT2D eigenvalue weighted by Crippen LogP contribution is -2.53. The van der Waals surface area contributed by atoms with Gasteiger partial charge in [-0.05, 0) is 50.9 Å². The average molecular weight is 280 g/mol. The second-order valence-electron chi connectivity index (χ2n) is 6.12. The molecule has 2 fully saturated rings. The molecule has 1 aromatic carbocycles. The number of rotatable bonds is 3. The molecule has 2 nitrogen and oxygen atoms in total. The van der Waals surface area contributed by atoms with Crippen LogP contribution in [-0.4, -0.2) is 23.5 Å². The van der Waals surface area contributed by atoms with Gasteiger partial charge in [-0.3, -0.25) is 4.90 Å². The van der Waals surface area contributed by atoms with E-state index in [0.717, 1.165) is 51.6 Å². The molecule has 20 heavy (non-hydrogen) atoms. The standard InChI is InChI=1S/C16H22F2N2/c17-12-6-5-7-13(18)14(12)15(19)16(8-1-2-9-16)20-10-3-4-11-20/h5-7,15H,1-4,8-11,19H2. The maximum Gasteiger partial charge on any atom is 0.130 e. The summed E-state index contributed by atoms with van der Waals surface area (Å²) >= 11 is 0. The Hall–Kier alpha value is -1.00. The van der Waals surface area contributed by atoms with Crippen molar-refractivity contribution in [3.8, 4) is 0 Å². The molecule has 4 heteroatoms. The molecule has 0 bridgehead atoms. The lowest BCUT2D eigenvalue weighted by Gasteiger charge is -2.43. The third kappa shape index (κ3) is 2.15. The molecule has 1 saturated carbocycles. The summed E-state index contributed by atoms with van der Waals surface area (Å²) in [4.78, 5) is 2.39. The minimum Gasteiger partial charge on any atom is -0.322 e. The summed E-state index contributed by atoms with van der Waals surface area (Å²) in [7, 11) is 0. The molecule has 1 heterocycles. The van der Waals surface area contributed by atoms with Crippen LogP contribution in [0.5, 0.6) is 0 Å². The van der Waals surface area contributed by atoms with E-state index < -0.39 is 17.7 Å². The predicted octanol–water partition coefficient (Wildman–Crippen LogP) is 3.37. The zero-order chi connectivity index (χ0) is 14.2. The van der Waals surface area contributed by atoms with E-state index in [0.29, 0.717) is 0 Å². The van der Waals surface area contributed by atoms with Crippen molar-refractivity contribution in [3.05, 3.63) is 35.4 Å². The van der Waals surface area contributed by atoms with Gasteiger partial charge in [-0.1, -0.05) is 18.9 Å². The number of benzene rings is 1. The van der Waals surface area contributed by atoms with Gasteiger partial charge in [0.2, 0.25) is 0 Å². The number of hydrogen-bond acceptors (Lipinski definition) is 2. The van der Waals surface area contributed by atoms with Crippen LogP contribution in [0.3, 0.4) is 0 Å². The molecule has 3 rings (SSSR count). The van der Waals surface area contributed by atoms with Crippen LogP contribution in [0, 0.1) is 11.6 Å². The Balaban J connectivity index is 1.99. The summed E-state index contributed by atoms with van der Waals surface area (Å²) in [6, 6.07) is 3.44. The maximum absolute atomic E-state index is 14.1. The SMILES string of the molecule is NC(c1c(F)cccc1F)C1(N2CCCC2)CCCC1. The Bertz CT molecular complexity index is 457. The first kappa shape index (κ1) is 14.0. The lowest BCUT2D eigenvalue weighted by molar-refractivity contribution is 0.0893. The Morgan fingerprint density at radius 3 is 2.10 bits per heavy atom. The molecule has 1 aromatic rings. The van der Waals surface area contributed by atoms with Crippen LogP contribution in [0.4, 0.5) is 8.78 Å². The van der Waals surface area contributed by atoms with Crippen LogP contribution < -0.4 is 5.73 Å². The summed E-state index contributed by atoms with van der Waals surface area (Å²) in [5.41, 5.74) is 6.22. The predicted molar refractivity (Wildman–Crippen MR) is 75.3 cm³/mol. The van der Waals surface area contributed by atoms with Crippen molar-refractivity contribution < 1.29 is 8.78 Å². The Labute approximate surface area is 118 Å². The molecule has 0 amide bonds. The summed E-state index contributed by atoms with van der Waals surface area (Å²) in [5.74, 6) is -1.02. The van der Waals surface area contributed by atoms with Crippen molar-refractivity contribution in [2.24, 2.45) is 5.73 Å². The summed E-state index contributed by atoms with van der Waals surface area (Å²) in [6.07, 6.45) is 6.41. The smallest absolute Gasteiger partial charge is 0.130 e. The van der Waals surface area contributed by atoms with Crippen LogP contribution in [-0.2, 0) is 0 Å². The number of likely N-dealkylation sites (tertiary alicyclic amines) is 1. The van der Waals surface area contributed by atoms with E-state index in [9.17, 15) is 8.78 Å². The van der Waals surface area contributed by atoms with E-state index in [1.54, 1.807) is 0 Å². The Kier molecular flexibility index (Phi) is 3.78. The lowest BCUT2D eigenvalue weighted by atomic mass is 9.82. The first-order valence-corrected chi connectivity index (χ1v) is 7.60. The van der Waals surface area contributed by atoms with Gasteiger partial charge in [-0.15, -0.1) is 0 Å². The third-order valence-corrected chi connectivity index (χ3v) is 5.09. The van der Waals surface area contributed by atoms with Crippen molar-refractivity contribution in [1.82, 2.24) is 4.90 Å². The molecule has 0 aromatic heterocycles. The molecule has 1 aliphatic carbocycles. The summed E-state index contributed by atoms with van der Waals surface area (Å²) < 4.78 is 28.1. The fraction of sp³-hybridized carbons (Fsp3) is 0.625. The molecule has 2 N–H and O–H groups in total. The van der Waals surface area contributed by atoms with Crippen molar-refractivity contribution in [1.29, 1.82) is 0 Å². The van der Waals surface area contributed by atoms with Crippen LogP contribution in [0.1, 0.15) is 50.1 Å². The van der Waals surface area contributed by atoms with E-state index in [1.165, 1.54) is 18.2 Å². The highest BCUT2D eigenvalue weighted by Crippen LogP contribution is 2.45. The second-order valence-corrected chi connectivity index (χ2v) is 6.12. The Morgan fingerprint density at radius 2 is 1.55 bits per heavy atom. The maximum atomic E-state index is 14.1. The fourth-order valence-corrected chi connectivity index (χ4v) is 4.05. The van der Waals surface area contributed by atoms with Crippen LogP contribution in [0.25, 0.3) is 0 Å². The van der Waals surface area contributed by atoms with Gasteiger partial charge in [0.05, 0.1) is 6.04 Å². The quantitative estimate of drug-likeness (QED) is 0.919. The second kappa shape index (κ2) is 5.41. The van der Waals surface area contributed by atoms with Gasteiger partial charge < -0.3 is 5.73 Å². The minimum absolute atomic E-state index is 0.0706. The highest BCUT2D eigenvalue weighted by molar-refractivity contribution is 5.27. The third-order valence-electron chi connectivity index (χ3n) is 5.09. The number of nitrogens with zero attached hydrogens (tertiary/aromatic N) is 1. The summed E-state index contributed by atoms with van der Waals surface area (Å²) in [5, 5.41) is 0. The molecule has 1 aliphatic heterocycles. The zero-order valence-electron chi connectivity index (χ0n) is 11.7. The molecule has 1 atom stereocenters. The molecule has 1 saturated heterocycles. The van der Waals surface area contributed by atoms with Gasteiger partial charge >= 0.3 is 0 Å². The van der Waals surface area contributed by atoms with E-state index in [-0.39, 0.29) is 11.1 Å². The number of nitrogens with two attached hydrogens (primary N) is 1. The number of hydrogen-bond donors (Lipinski definition) is 1. The Morgan fingerprint density at radius 1 is 1.00 bits per heavy atom. The molecule has 0 spiro atoms. The zero-order valence-corrected chi connectivity index (χ0v) is 11.7. The van der Waals surface area contributed by atoms with Crippen LogP contribution in [0.2, 0.25) is 0 Å². The summed E-state index contributed by atoms with van der Waals surface area (Å²) in [6.45, 7) is 2.01. The van der Waals surface area contributed by atoms with Crippen LogP contribution >= 0.6 is 0 Å². The number of halogens is 2. The topological polar surface area (TPSA) is 29.3 Å². The van der Waals surface area contributed by atoms with Crippen LogP contribution in [0.15, 0.2) is 18.2 Å². The molecule has 0 radical (unpaired) electrons. The van der Waals surface area contributed by atoms with E-state index in [2.05, 4.69) is 4.90 Å². The van der Waals surface area contributed by atoms with Gasteiger partial charge in [0.15, 0.2) is 0 Å². The van der Waals surface area contributed by atoms with Gasteiger partial charge in [-0.2, -0.15) is 0 Å². The minimum atomic E-state index is -0.579. The molecular weight excluding hydrogens is 258 g/mol. The molecule has 110 valence electrons.